The van der Waals surface area contributed by atoms with Gasteiger partial charge in [-0.3, -0.25) is 0 Å². The normalized spacial score (nSPS) is 30.8. The highest BCUT2D eigenvalue weighted by atomic mass is 16.5. The molecule has 0 saturated carbocycles. The molecule has 3 heteroatoms. The SMILES string of the molecule is C1CCC(CCCNCC2CCCO2)OC1. The Bertz CT molecular complexity index is 175. The van der Waals surface area contributed by atoms with Crippen LogP contribution in [0.2, 0.25) is 0 Å². The summed E-state index contributed by atoms with van der Waals surface area (Å²) in [5.41, 5.74) is 0. The first kappa shape index (κ1) is 12.3. The van der Waals surface area contributed by atoms with Crippen LogP contribution < -0.4 is 5.32 Å². The summed E-state index contributed by atoms with van der Waals surface area (Å²) in [4.78, 5) is 0. The van der Waals surface area contributed by atoms with Gasteiger partial charge in [-0.2, -0.15) is 0 Å². The second kappa shape index (κ2) is 7.25. The van der Waals surface area contributed by atoms with Crippen molar-refractivity contribution in [3.05, 3.63) is 0 Å². The summed E-state index contributed by atoms with van der Waals surface area (Å²) in [6.07, 6.45) is 9.83. The highest BCUT2D eigenvalue weighted by molar-refractivity contribution is 4.68. The number of ether oxygens (including phenoxy) is 2. The summed E-state index contributed by atoms with van der Waals surface area (Å²) in [6.45, 7) is 4.08. The third kappa shape index (κ3) is 4.40. The van der Waals surface area contributed by atoms with E-state index in [4.69, 9.17) is 9.47 Å². The van der Waals surface area contributed by atoms with Crippen LogP contribution in [0.15, 0.2) is 0 Å². The van der Waals surface area contributed by atoms with Crippen LogP contribution in [-0.4, -0.2) is 38.5 Å². The molecule has 0 amide bonds. The molecule has 2 unspecified atom stereocenters. The number of rotatable bonds is 6. The van der Waals surface area contributed by atoms with E-state index in [1.54, 1.807) is 0 Å². The topological polar surface area (TPSA) is 30.5 Å². The van der Waals surface area contributed by atoms with Gasteiger partial charge in [-0.25, -0.2) is 0 Å². The first-order valence-electron chi connectivity index (χ1n) is 6.89. The van der Waals surface area contributed by atoms with E-state index in [0.29, 0.717) is 12.2 Å². The van der Waals surface area contributed by atoms with Gasteiger partial charge in [0, 0.05) is 19.8 Å². The lowest BCUT2D eigenvalue weighted by Gasteiger charge is -2.22. The van der Waals surface area contributed by atoms with Crippen molar-refractivity contribution >= 4 is 0 Å². The zero-order valence-corrected chi connectivity index (χ0v) is 10.2. The van der Waals surface area contributed by atoms with Crippen molar-refractivity contribution in [2.45, 2.75) is 57.2 Å². The van der Waals surface area contributed by atoms with Crippen molar-refractivity contribution in [2.75, 3.05) is 26.3 Å². The lowest BCUT2D eigenvalue weighted by Crippen LogP contribution is -2.28. The Balaban J connectivity index is 1.42. The van der Waals surface area contributed by atoms with Crippen LogP contribution in [0, 0.1) is 0 Å². The monoisotopic (exact) mass is 227 g/mol. The molecule has 0 bridgehead atoms. The fourth-order valence-corrected chi connectivity index (χ4v) is 2.56. The van der Waals surface area contributed by atoms with Gasteiger partial charge in [0.25, 0.3) is 0 Å². The average molecular weight is 227 g/mol. The molecule has 2 aliphatic heterocycles. The van der Waals surface area contributed by atoms with E-state index in [9.17, 15) is 0 Å². The Morgan fingerprint density at radius 2 is 1.75 bits per heavy atom. The Morgan fingerprint density at radius 1 is 0.938 bits per heavy atom. The number of hydrogen-bond acceptors (Lipinski definition) is 3. The molecular weight excluding hydrogens is 202 g/mol. The quantitative estimate of drug-likeness (QED) is 0.705. The largest absolute Gasteiger partial charge is 0.378 e. The molecule has 1 N–H and O–H groups in total. The van der Waals surface area contributed by atoms with E-state index in [2.05, 4.69) is 5.32 Å². The molecule has 2 saturated heterocycles. The molecule has 0 aromatic heterocycles. The maximum atomic E-state index is 5.71. The van der Waals surface area contributed by atoms with E-state index < -0.39 is 0 Å². The lowest BCUT2D eigenvalue weighted by molar-refractivity contribution is 0.0101. The molecule has 3 nitrogen and oxygen atoms in total. The van der Waals surface area contributed by atoms with Crippen LogP contribution in [0.25, 0.3) is 0 Å². The minimum Gasteiger partial charge on any atom is -0.378 e. The highest BCUT2D eigenvalue weighted by Crippen LogP contribution is 2.16. The molecule has 0 radical (unpaired) electrons. The van der Waals surface area contributed by atoms with Gasteiger partial charge in [0.05, 0.1) is 12.2 Å². The third-order valence-corrected chi connectivity index (χ3v) is 3.55. The fourth-order valence-electron chi connectivity index (χ4n) is 2.56. The van der Waals surface area contributed by atoms with Gasteiger partial charge in [0.2, 0.25) is 0 Å². The van der Waals surface area contributed by atoms with Crippen LogP contribution >= 0.6 is 0 Å². The standard InChI is InChI=1S/C13H25NO2/c1-2-9-15-12(5-1)6-3-8-14-11-13-7-4-10-16-13/h12-14H,1-11H2. The van der Waals surface area contributed by atoms with Gasteiger partial charge in [0.15, 0.2) is 0 Å². The first-order valence-corrected chi connectivity index (χ1v) is 6.89. The molecule has 0 aliphatic carbocycles. The highest BCUT2D eigenvalue weighted by Gasteiger charge is 2.15. The lowest BCUT2D eigenvalue weighted by atomic mass is 10.0. The summed E-state index contributed by atoms with van der Waals surface area (Å²) in [6, 6.07) is 0. The second-order valence-electron chi connectivity index (χ2n) is 4.97. The molecule has 0 aromatic carbocycles. The number of hydrogen-bond donors (Lipinski definition) is 1. The number of nitrogens with one attached hydrogen (secondary N) is 1. The van der Waals surface area contributed by atoms with Gasteiger partial charge in [0.1, 0.15) is 0 Å². The molecule has 2 rings (SSSR count). The first-order chi connectivity index (χ1) is 7.95. The van der Waals surface area contributed by atoms with Gasteiger partial charge < -0.3 is 14.8 Å². The Kier molecular flexibility index (Phi) is 5.59. The fraction of sp³-hybridized carbons (Fsp3) is 1.00. The molecular formula is C13H25NO2. The van der Waals surface area contributed by atoms with Crippen molar-refractivity contribution in [3.63, 3.8) is 0 Å². The van der Waals surface area contributed by atoms with E-state index in [0.717, 1.165) is 26.3 Å². The minimum atomic E-state index is 0.478. The van der Waals surface area contributed by atoms with Crippen LogP contribution in [0.4, 0.5) is 0 Å². The van der Waals surface area contributed by atoms with Crippen molar-refractivity contribution in [1.29, 1.82) is 0 Å². The van der Waals surface area contributed by atoms with Crippen LogP contribution in [0.5, 0.6) is 0 Å². The molecule has 0 aromatic rings. The molecule has 94 valence electrons. The molecule has 2 aliphatic rings. The minimum absolute atomic E-state index is 0.478. The smallest absolute Gasteiger partial charge is 0.0700 e. The van der Waals surface area contributed by atoms with Crippen LogP contribution in [-0.2, 0) is 9.47 Å². The molecule has 2 fully saturated rings. The average Bonchev–Trinajstić information content (AvgIpc) is 2.83. The van der Waals surface area contributed by atoms with Crippen molar-refractivity contribution in [3.8, 4) is 0 Å². The maximum absolute atomic E-state index is 5.71. The zero-order valence-electron chi connectivity index (χ0n) is 10.2. The predicted octanol–water partition coefficient (Wildman–Crippen LogP) is 2.10. The Hall–Kier alpha value is -0.120. The molecule has 2 atom stereocenters. The third-order valence-electron chi connectivity index (χ3n) is 3.55. The molecule has 2 heterocycles. The van der Waals surface area contributed by atoms with E-state index in [1.807, 2.05) is 0 Å². The zero-order chi connectivity index (χ0) is 11.1. The predicted molar refractivity (Wildman–Crippen MR) is 64.7 cm³/mol. The van der Waals surface area contributed by atoms with Crippen LogP contribution in [0.1, 0.15) is 44.9 Å². The van der Waals surface area contributed by atoms with Crippen LogP contribution in [0.3, 0.4) is 0 Å². The van der Waals surface area contributed by atoms with Crippen molar-refractivity contribution in [2.24, 2.45) is 0 Å². The summed E-state index contributed by atoms with van der Waals surface area (Å²) in [5.74, 6) is 0. The van der Waals surface area contributed by atoms with E-state index in [-0.39, 0.29) is 0 Å². The summed E-state index contributed by atoms with van der Waals surface area (Å²) < 4.78 is 11.3. The maximum Gasteiger partial charge on any atom is 0.0700 e. The van der Waals surface area contributed by atoms with E-state index >= 15 is 0 Å². The Labute approximate surface area is 98.9 Å². The van der Waals surface area contributed by atoms with Gasteiger partial charge in [-0.05, 0) is 51.5 Å². The Morgan fingerprint density at radius 3 is 2.50 bits per heavy atom. The summed E-state index contributed by atoms with van der Waals surface area (Å²) in [7, 11) is 0. The van der Waals surface area contributed by atoms with Crippen molar-refractivity contribution < 1.29 is 9.47 Å². The molecule has 0 spiro atoms. The van der Waals surface area contributed by atoms with Gasteiger partial charge >= 0.3 is 0 Å². The van der Waals surface area contributed by atoms with Gasteiger partial charge in [-0.1, -0.05) is 0 Å². The van der Waals surface area contributed by atoms with Gasteiger partial charge in [-0.15, -0.1) is 0 Å². The second-order valence-corrected chi connectivity index (χ2v) is 4.97. The summed E-state index contributed by atoms with van der Waals surface area (Å²) >= 11 is 0. The van der Waals surface area contributed by atoms with E-state index in [1.165, 1.54) is 44.9 Å². The summed E-state index contributed by atoms with van der Waals surface area (Å²) in [5, 5.41) is 3.49. The molecule has 16 heavy (non-hydrogen) atoms. The van der Waals surface area contributed by atoms with Crippen molar-refractivity contribution in [1.82, 2.24) is 5.32 Å².